The largest absolute Gasteiger partial charge is 0.467 e. The number of rotatable bonds is 8. The second-order valence-corrected chi connectivity index (χ2v) is 9.18. The second-order valence-electron chi connectivity index (χ2n) is 8.24. The number of hydrogen-bond donors (Lipinski definition) is 1. The molecule has 0 spiro atoms. The molecule has 1 N–H and O–H groups in total. The molecule has 6 nitrogen and oxygen atoms in total. The maximum atomic E-state index is 13.6. The van der Waals surface area contributed by atoms with Gasteiger partial charge in [-0.25, -0.2) is 4.39 Å². The number of nitrogens with zero attached hydrogens (tertiary/aromatic N) is 3. The van der Waals surface area contributed by atoms with Crippen molar-refractivity contribution in [2.75, 3.05) is 0 Å². The van der Waals surface area contributed by atoms with Crippen LogP contribution in [-0.2, 0) is 12.3 Å². The molecule has 0 saturated heterocycles. The van der Waals surface area contributed by atoms with Gasteiger partial charge in [0.25, 0.3) is 5.91 Å². The van der Waals surface area contributed by atoms with Gasteiger partial charge in [-0.2, -0.15) is 0 Å². The predicted molar refractivity (Wildman–Crippen MR) is 137 cm³/mol. The maximum absolute atomic E-state index is 13.6. The number of nitrogens with one attached hydrogen (secondary N) is 1. The van der Waals surface area contributed by atoms with Crippen LogP contribution < -0.4 is 5.32 Å². The normalized spacial score (nSPS) is 10.9. The van der Waals surface area contributed by atoms with Crippen LogP contribution >= 0.6 is 11.8 Å². The molecule has 5 aromatic rings. The molecule has 0 aliphatic heterocycles. The van der Waals surface area contributed by atoms with Gasteiger partial charge in [-0.15, -0.1) is 10.2 Å². The lowest BCUT2D eigenvalue weighted by molar-refractivity contribution is 0.0948. The highest BCUT2D eigenvalue weighted by Crippen LogP contribution is 2.30. The van der Waals surface area contributed by atoms with Crippen LogP contribution in [0.5, 0.6) is 0 Å². The summed E-state index contributed by atoms with van der Waals surface area (Å²) in [5, 5.41) is 12.4. The molecule has 8 heteroatoms. The van der Waals surface area contributed by atoms with Crippen LogP contribution in [0.15, 0.2) is 101 Å². The number of aromatic nitrogens is 3. The molecule has 2 heterocycles. The fraction of sp³-hybridized carbons (Fsp3) is 0.107. The van der Waals surface area contributed by atoms with E-state index in [4.69, 9.17) is 4.42 Å². The molecule has 0 saturated carbocycles. The number of furan rings is 1. The first kappa shape index (κ1) is 23.6. The summed E-state index contributed by atoms with van der Waals surface area (Å²) in [6.45, 7) is 2.36. The molecule has 0 fully saturated rings. The molecule has 5 rings (SSSR count). The first-order valence-electron chi connectivity index (χ1n) is 11.4. The van der Waals surface area contributed by atoms with Crippen LogP contribution in [-0.4, -0.2) is 20.7 Å². The van der Waals surface area contributed by atoms with Crippen molar-refractivity contribution in [2.45, 2.75) is 24.4 Å². The van der Waals surface area contributed by atoms with E-state index in [0.717, 1.165) is 22.4 Å². The smallest absolute Gasteiger partial charge is 0.251 e. The molecule has 1 amide bonds. The SMILES string of the molecule is Cc1ccc(-c2nnc(SCc3cccc(C(=O)NCc4ccco4)c3)n2-c2ccc(F)cc2)cc1. The molecule has 0 aliphatic carbocycles. The summed E-state index contributed by atoms with van der Waals surface area (Å²) in [6.07, 6.45) is 1.58. The number of hydrogen-bond acceptors (Lipinski definition) is 5. The molecule has 0 radical (unpaired) electrons. The number of carbonyl (C=O) groups excluding carboxylic acids is 1. The van der Waals surface area contributed by atoms with Crippen molar-refractivity contribution in [2.24, 2.45) is 0 Å². The standard InChI is InChI=1S/C28H23FN4O2S/c1-19-7-9-21(10-8-19)26-31-32-28(33(26)24-13-11-23(29)12-14-24)36-18-20-4-2-5-22(16-20)27(34)30-17-25-6-3-15-35-25/h2-16H,17-18H2,1H3,(H,30,34). The Bertz CT molecular complexity index is 1460. The summed E-state index contributed by atoms with van der Waals surface area (Å²) in [7, 11) is 0. The molecule has 0 unspecified atom stereocenters. The quantitative estimate of drug-likeness (QED) is 0.258. The summed E-state index contributed by atoms with van der Waals surface area (Å²) in [6, 6.07) is 25.4. The Morgan fingerprint density at radius 1 is 1.00 bits per heavy atom. The average molecular weight is 499 g/mol. The highest BCUT2D eigenvalue weighted by molar-refractivity contribution is 7.98. The molecular weight excluding hydrogens is 475 g/mol. The second kappa shape index (κ2) is 10.6. The minimum Gasteiger partial charge on any atom is -0.467 e. The van der Waals surface area contributed by atoms with Crippen molar-refractivity contribution >= 4 is 17.7 Å². The number of aryl methyl sites for hydroxylation is 1. The van der Waals surface area contributed by atoms with Gasteiger partial charge in [-0.1, -0.05) is 53.7 Å². The van der Waals surface area contributed by atoms with E-state index in [9.17, 15) is 9.18 Å². The van der Waals surface area contributed by atoms with Crippen molar-refractivity contribution in [3.05, 3.63) is 119 Å². The fourth-order valence-corrected chi connectivity index (χ4v) is 4.60. The van der Waals surface area contributed by atoms with Gasteiger partial charge in [0.05, 0.1) is 12.8 Å². The van der Waals surface area contributed by atoms with Gasteiger partial charge in [-0.05, 0) is 61.0 Å². The van der Waals surface area contributed by atoms with E-state index in [0.29, 0.717) is 34.6 Å². The van der Waals surface area contributed by atoms with E-state index >= 15 is 0 Å². The molecule has 3 aromatic carbocycles. The van der Waals surface area contributed by atoms with Crippen LogP contribution in [0.1, 0.15) is 27.2 Å². The first-order valence-corrected chi connectivity index (χ1v) is 12.4. The highest BCUT2D eigenvalue weighted by Gasteiger charge is 2.17. The Hall–Kier alpha value is -4.17. The van der Waals surface area contributed by atoms with Gasteiger partial charge < -0.3 is 9.73 Å². The van der Waals surface area contributed by atoms with Gasteiger partial charge in [0.1, 0.15) is 11.6 Å². The van der Waals surface area contributed by atoms with E-state index in [1.165, 1.54) is 23.9 Å². The van der Waals surface area contributed by atoms with Crippen molar-refractivity contribution in [3.63, 3.8) is 0 Å². The number of benzene rings is 3. The minimum absolute atomic E-state index is 0.172. The van der Waals surface area contributed by atoms with E-state index in [1.54, 1.807) is 30.5 Å². The summed E-state index contributed by atoms with van der Waals surface area (Å²) in [5.41, 5.74) is 4.37. The monoisotopic (exact) mass is 498 g/mol. The minimum atomic E-state index is -0.306. The number of amides is 1. The third kappa shape index (κ3) is 5.39. The fourth-order valence-electron chi connectivity index (χ4n) is 3.71. The third-order valence-corrected chi connectivity index (χ3v) is 6.59. The van der Waals surface area contributed by atoms with Crippen molar-refractivity contribution < 1.29 is 13.6 Å². The Labute approximate surface area is 212 Å². The van der Waals surface area contributed by atoms with Gasteiger partial charge in [0.15, 0.2) is 11.0 Å². The predicted octanol–water partition coefficient (Wildman–Crippen LogP) is 6.20. The van der Waals surface area contributed by atoms with Crippen molar-refractivity contribution in [1.82, 2.24) is 20.1 Å². The number of carbonyl (C=O) groups is 1. The topological polar surface area (TPSA) is 73.0 Å². The van der Waals surface area contributed by atoms with E-state index in [2.05, 4.69) is 15.5 Å². The Balaban J connectivity index is 1.37. The summed E-state index contributed by atoms with van der Waals surface area (Å²) in [5.74, 6) is 1.47. The maximum Gasteiger partial charge on any atom is 0.251 e. The summed E-state index contributed by atoms with van der Waals surface area (Å²) >= 11 is 1.50. The molecule has 2 aromatic heterocycles. The van der Waals surface area contributed by atoms with Gasteiger partial charge >= 0.3 is 0 Å². The van der Waals surface area contributed by atoms with Crippen LogP contribution in [0.3, 0.4) is 0 Å². The molecular formula is C28H23FN4O2S. The Morgan fingerprint density at radius 2 is 1.81 bits per heavy atom. The van der Waals surface area contributed by atoms with Gasteiger partial charge in [0, 0.05) is 22.6 Å². The zero-order valence-corrected chi connectivity index (χ0v) is 20.3. The zero-order valence-electron chi connectivity index (χ0n) is 19.5. The summed E-state index contributed by atoms with van der Waals surface area (Å²) < 4.78 is 20.8. The average Bonchev–Trinajstić information content (AvgIpc) is 3.57. The van der Waals surface area contributed by atoms with Gasteiger partial charge in [-0.3, -0.25) is 9.36 Å². The summed E-state index contributed by atoms with van der Waals surface area (Å²) in [4.78, 5) is 12.6. The molecule has 36 heavy (non-hydrogen) atoms. The van der Waals surface area contributed by atoms with Crippen LogP contribution in [0, 0.1) is 12.7 Å². The lowest BCUT2D eigenvalue weighted by Crippen LogP contribution is -2.22. The zero-order chi connectivity index (χ0) is 24.9. The Morgan fingerprint density at radius 3 is 2.56 bits per heavy atom. The number of halogens is 1. The molecule has 0 atom stereocenters. The third-order valence-electron chi connectivity index (χ3n) is 5.59. The molecule has 0 bridgehead atoms. The molecule has 180 valence electrons. The van der Waals surface area contributed by atoms with Crippen LogP contribution in [0.25, 0.3) is 17.1 Å². The highest BCUT2D eigenvalue weighted by atomic mass is 32.2. The van der Waals surface area contributed by atoms with Crippen molar-refractivity contribution in [3.8, 4) is 17.1 Å². The molecule has 0 aliphatic rings. The van der Waals surface area contributed by atoms with Gasteiger partial charge in [0.2, 0.25) is 0 Å². The van der Waals surface area contributed by atoms with Crippen molar-refractivity contribution in [1.29, 1.82) is 0 Å². The number of thioether (sulfide) groups is 1. The van der Waals surface area contributed by atoms with Crippen LogP contribution in [0.2, 0.25) is 0 Å². The Kier molecular flexibility index (Phi) is 6.95. The van der Waals surface area contributed by atoms with E-state index < -0.39 is 0 Å². The van der Waals surface area contributed by atoms with E-state index in [-0.39, 0.29) is 11.7 Å². The van der Waals surface area contributed by atoms with E-state index in [1.807, 2.05) is 60.0 Å². The first-order chi connectivity index (χ1) is 17.6. The lowest BCUT2D eigenvalue weighted by atomic mass is 10.1. The van der Waals surface area contributed by atoms with Crippen LogP contribution in [0.4, 0.5) is 4.39 Å². The lowest BCUT2D eigenvalue weighted by Gasteiger charge is -2.11.